The molecule has 1 aliphatic heterocycles. The summed E-state index contributed by atoms with van der Waals surface area (Å²) in [6, 6.07) is 12.5. The lowest BCUT2D eigenvalue weighted by molar-refractivity contribution is 0.111. The van der Waals surface area contributed by atoms with Gasteiger partial charge >= 0.3 is 0 Å². The Labute approximate surface area is 182 Å². The fourth-order valence-electron chi connectivity index (χ4n) is 3.66. The molecule has 1 N–H and O–H groups in total. The third-order valence-electron chi connectivity index (χ3n) is 5.33. The van der Waals surface area contributed by atoms with Crippen molar-refractivity contribution >= 4 is 26.7 Å². The van der Waals surface area contributed by atoms with Crippen LogP contribution < -0.4 is 14.2 Å². The van der Waals surface area contributed by atoms with Crippen LogP contribution in [0.3, 0.4) is 0 Å². The van der Waals surface area contributed by atoms with Crippen LogP contribution in [-0.2, 0) is 15.8 Å². The van der Waals surface area contributed by atoms with Crippen molar-refractivity contribution in [3.63, 3.8) is 0 Å². The van der Waals surface area contributed by atoms with Crippen LogP contribution in [0.25, 0.3) is 10.9 Å². The molecule has 3 aromatic rings. The number of ether oxygens (including phenoxy) is 2. The number of sulfonamides is 1. The molecule has 0 spiro atoms. The Morgan fingerprint density at radius 2 is 1.84 bits per heavy atom. The minimum atomic E-state index is -3.65. The van der Waals surface area contributed by atoms with E-state index in [1.807, 2.05) is 18.2 Å². The van der Waals surface area contributed by atoms with Crippen LogP contribution in [0.1, 0.15) is 18.4 Å². The highest BCUT2D eigenvalue weighted by molar-refractivity contribution is 7.91. The maximum absolute atomic E-state index is 12.7. The number of anilines is 1. The minimum Gasteiger partial charge on any atom is -0.493 e. The van der Waals surface area contributed by atoms with E-state index in [0.29, 0.717) is 28.0 Å². The molecule has 2 heterocycles. The van der Waals surface area contributed by atoms with Gasteiger partial charge < -0.3 is 14.4 Å². The topological polar surface area (TPSA) is 93.6 Å². The summed E-state index contributed by atoms with van der Waals surface area (Å²) in [4.78, 5) is 10.7. The minimum absolute atomic E-state index is 0.105. The number of methoxy groups -OCH3 is 1. The van der Waals surface area contributed by atoms with E-state index < -0.39 is 10.0 Å². The van der Waals surface area contributed by atoms with E-state index in [1.54, 1.807) is 31.4 Å². The Morgan fingerprint density at radius 1 is 1.10 bits per heavy atom. The third-order valence-corrected chi connectivity index (χ3v) is 6.55. The smallest absolute Gasteiger partial charge is 0.238 e. The van der Waals surface area contributed by atoms with Crippen LogP contribution in [0, 0.1) is 0 Å². The molecular formula is C22H26N4O4S. The average molecular weight is 443 g/mol. The average Bonchev–Trinajstić information content (AvgIpc) is 2.75. The summed E-state index contributed by atoms with van der Waals surface area (Å²) in [5.41, 5.74) is 1.27. The van der Waals surface area contributed by atoms with Crippen LogP contribution in [-0.4, -0.2) is 56.6 Å². The van der Waals surface area contributed by atoms with Crippen LogP contribution >= 0.6 is 0 Å². The number of piperidine rings is 1. The van der Waals surface area contributed by atoms with Crippen LogP contribution in [0.2, 0.25) is 0 Å². The van der Waals surface area contributed by atoms with Crippen molar-refractivity contribution in [2.75, 3.05) is 32.0 Å². The van der Waals surface area contributed by atoms with Crippen molar-refractivity contribution in [2.24, 2.45) is 0 Å². The first-order valence-electron chi connectivity index (χ1n) is 10.2. The van der Waals surface area contributed by atoms with E-state index in [0.717, 1.165) is 25.9 Å². The molecule has 0 radical (unpaired) electrons. The van der Waals surface area contributed by atoms with Gasteiger partial charge in [-0.3, -0.25) is 4.72 Å². The fourth-order valence-corrected chi connectivity index (χ4v) is 4.82. The standard InChI is InChI=1S/C22H26N4O4S/c1-26-10-8-17(9-11-26)30-21-13-19-18(12-20(21)29-2)22(24-15-23-19)25-31(27,28)14-16-6-4-3-5-7-16/h3-7,12-13,15,17H,8-11,14H2,1-2H3,(H,23,24,25). The number of aromatic nitrogens is 2. The van der Waals surface area contributed by atoms with Gasteiger partial charge in [0.2, 0.25) is 10.0 Å². The van der Waals surface area contributed by atoms with E-state index in [-0.39, 0.29) is 17.7 Å². The molecule has 1 aliphatic rings. The van der Waals surface area contributed by atoms with Gasteiger partial charge in [0, 0.05) is 24.5 Å². The number of nitrogens with one attached hydrogen (secondary N) is 1. The largest absolute Gasteiger partial charge is 0.493 e. The van der Waals surface area contributed by atoms with Crippen LogP contribution in [0.5, 0.6) is 11.5 Å². The van der Waals surface area contributed by atoms with Crippen molar-refractivity contribution in [3.8, 4) is 11.5 Å². The molecule has 0 unspecified atom stereocenters. The molecule has 0 atom stereocenters. The maximum Gasteiger partial charge on any atom is 0.238 e. The molecule has 0 bridgehead atoms. The summed E-state index contributed by atoms with van der Waals surface area (Å²) >= 11 is 0. The predicted octanol–water partition coefficient (Wildman–Crippen LogP) is 3.05. The van der Waals surface area contributed by atoms with Crippen molar-refractivity contribution in [2.45, 2.75) is 24.7 Å². The van der Waals surface area contributed by atoms with E-state index in [1.165, 1.54) is 6.33 Å². The van der Waals surface area contributed by atoms with Gasteiger partial charge in [0.25, 0.3) is 0 Å². The Hall–Kier alpha value is -2.91. The third kappa shape index (κ3) is 5.23. The highest BCUT2D eigenvalue weighted by Gasteiger charge is 2.21. The number of fused-ring (bicyclic) bond motifs is 1. The molecule has 1 saturated heterocycles. The number of benzene rings is 2. The first-order valence-corrected chi connectivity index (χ1v) is 11.8. The van der Waals surface area contributed by atoms with Gasteiger partial charge in [-0.15, -0.1) is 0 Å². The van der Waals surface area contributed by atoms with Crippen LogP contribution in [0.4, 0.5) is 5.82 Å². The second kappa shape index (κ2) is 9.07. The van der Waals surface area contributed by atoms with E-state index in [4.69, 9.17) is 9.47 Å². The Morgan fingerprint density at radius 3 is 2.55 bits per heavy atom. The quantitative estimate of drug-likeness (QED) is 0.601. The molecule has 1 aromatic heterocycles. The van der Waals surface area contributed by atoms with Gasteiger partial charge in [-0.1, -0.05) is 30.3 Å². The monoisotopic (exact) mass is 442 g/mol. The summed E-state index contributed by atoms with van der Waals surface area (Å²) in [5, 5.41) is 0.548. The molecule has 9 heteroatoms. The Bertz CT molecular complexity index is 1150. The Kier molecular flexibility index (Phi) is 6.24. The van der Waals surface area contributed by atoms with Crippen molar-refractivity contribution in [1.29, 1.82) is 0 Å². The molecule has 0 aliphatic carbocycles. The number of likely N-dealkylation sites (tertiary alicyclic amines) is 1. The zero-order valence-electron chi connectivity index (χ0n) is 17.6. The van der Waals surface area contributed by atoms with Gasteiger partial charge in [0.15, 0.2) is 17.3 Å². The molecule has 1 fully saturated rings. The summed E-state index contributed by atoms with van der Waals surface area (Å²) in [5.74, 6) is 1.18. The van der Waals surface area contributed by atoms with E-state index in [9.17, 15) is 8.42 Å². The normalized spacial score (nSPS) is 15.7. The summed E-state index contributed by atoms with van der Waals surface area (Å²) in [7, 11) is 0.00878. The molecule has 8 nitrogen and oxygen atoms in total. The lowest BCUT2D eigenvalue weighted by Crippen LogP contribution is -2.35. The van der Waals surface area contributed by atoms with Gasteiger partial charge in [-0.05, 0) is 31.5 Å². The molecular weight excluding hydrogens is 416 g/mol. The number of hydrogen-bond donors (Lipinski definition) is 1. The van der Waals surface area contributed by atoms with Gasteiger partial charge in [0.1, 0.15) is 12.4 Å². The molecule has 164 valence electrons. The number of hydrogen-bond acceptors (Lipinski definition) is 7. The molecule has 4 rings (SSSR count). The highest BCUT2D eigenvalue weighted by atomic mass is 32.2. The van der Waals surface area contributed by atoms with Gasteiger partial charge in [-0.25, -0.2) is 18.4 Å². The number of rotatable bonds is 7. The highest BCUT2D eigenvalue weighted by Crippen LogP contribution is 2.35. The predicted molar refractivity (Wildman–Crippen MR) is 120 cm³/mol. The zero-order valence-corrected chi connectivity index (χ0v) is 18.4. The van der Waals surface area contributed by atoms with Gasteiger partial charge in [-0.2, -0.15) is 0 Å². The Balaban J connectivity index is 1.60. The van der Waals surface area contributed by atoms with Gasteiger partial charge in [0.05, 0.1) is 18.4 Å². The zero-order chi connectivity index (χ0) is 21.8. The molecule has 0 amide bonds. The first-order chi connectivity index (χ1) is 14.9. The molecule has 31 heavy (non-hydrogen) atoms. The molecule has 0 saturated carbocycles. The van der Waals surface area contributed by atoms with Crippen molar-refractivity contribution in [3.05, 3.63) is 54.4 Å². The molecule has 2 aromatic carbocycles. The van der Waals surface area contributed by atoms with Crippen LogP contribution in [0.15, 0.2) is 48.8 Å². The summed E-state index contributed by atoms with van der Waals surface area (Å²) in [6.45, 7) is 1.96. The fraction of sp³-hybridized carbons (Fsp3) is 0.364. The van der Waals surface area contributed by atoms with Crippen molar-refractivity contribution < 1.29 is 17.9 Å². The summed E-state index contributed by atoms with van der Waals surface area (Å²) in [6.07, 6.45) is 3.32. The lowest BCUT2D eigenvalue weighted by Gasteiger charge is -2.29. The lowest BCUT2D eigenvalue weighted by atomic mass is 10.1. The second-order valence-electron chi connectivity index (χ2n) is 7.71. The van der Waals surface area contributed by atoms with Crippen molar-refractivity contribution in [1.82, 2.24) is 14.9 Å². The van der Waals surface area contributed by atoms with E-state index >= 15 is 0 Å². The second-order valence-corrected chi connectivity index (χ2v) is 9.43. The summed E-state index contributed by atoms with van der Waals surface area (Å²) < 4.78 is 39.7. The SMILES string of the molecule is COc1cc2c(NS(=O)(=O)Cc3ccccc3)ncnc2cc1OC1CCN(C)CC1. The number of nitrogens with zero attached hydrogens (tertiary/aromatic N) is 3. The maximum atomic E-state index is 12.7. The first kappa shape index (κ1) is 21.3. The van der Waals surface area contributed by atoms with E-state index in [2.05, 4.69) is 26.6 Å².